The summed E-state index contributed by atoms with van der Waals surface area (Å²) in [5.74, 6) is -0.0107. The van der Waals surface area contributed by atoms with E-state index in [2.05, 4.69) is 4.74 Å². The van der Waals surface area contributed by atoms with Gasteiger partial charge < -0.3 is 14.7 Å². The average molecular weight is 470 g/mol. The molecule has 0 heterocycles. The largest absolute Gasteiger partial charge is 0.507 e. The van der Waals surface area contributed by atoms with Gasteiger partial charge in [-0.3, -0.25) is 4.79 Å². The zero-order chi connectivity index (χ0) is 24.6. The van der Waals surface area contributed by atoms with Crippen LogP contribution in [0.4, 0.5) is 5.69 Å². The molecule has 180 valence electrons. The predicted molar refractivity (Wildman–Crippen MR) is 139 cm³/mol. The molecule has 0 bridgehead atoms. The lowest BCUT2D eigenvalue weighted by Gasteiger charge is -2.30. The number of phenolic OH excluding ortho intramolecular Hbond substituents is 1. The average Bonchev–Trinajstić information content (AvgIpc) is 2.91. The van der Waals surface area contributed by atoms with Crippen LogP contribution in [-0.4, -0.2) is 24.1 Å². The van der Waals surface area contributed by atoms with Crippen molar-refractivity contribution in [1.29, 1.82) is 0 Å². The first-order valence-corrected chi connectivity index (χ1v) is 12.1. The summed E-state index contributed by atoms with van der Waals surface area (Å²) in [6, 6.07) is 22.9. The highest BCUT2D eigenvalue weighted by Crippen LogP contribution is 2.31. The number of carbonyl (C=O) groups is 2. The van der Waals surface area contributed by atoms with Gasteiger partial charge in [0.2, 0.25) is 5.91 Å². The summed E-state index contributed by atoms with van der Waals surface area (Å²) in [4.78, 5) is 27.0. The number of esters is 1. The van der Waals surface area contributed by atoms with Gasteiger partial charge >= 0.3 is 5.97 Å². The number of para-hydroxylation sites is 1. The number of hydrogen-bond acceptors (Lipinski definition) is 4. The maximum absolute atomic E-state index is 13.7. The van der Waals surface area contributed by atoms with E-state index in [1.165, 1.54) is 19.6 Å². The number of rotatable bonds is 7. The molecule has 0 spiro atoms. The molecule has 1 aliphatic carbocycles. The summed E-state index contributed by atoms with van der Waals surface area (Å²) >= 11 is 0. The number of phenols is 1. The number of benzene rings is 3. The van der Waals surface area contributed by atoms with Crippen molar-refractivity contribution in [2.24, 2.45) is 5.92 Å². The molecule has 0 atom stereocenters. The highest BCUT2D eigenvalue weighted by atomic mass is 16.5. The first kappa shape index (κ1) is 24.3. The minimum Gasteiger partial charge on any atom is -0.507 e. The molecule has 1 aliphatic rings. The van der Waals surface area contributed by atoms with E-state index in [1.54, 1.807) is 18.2 Å². The van der Waals surface area contributed by atoms with E-state index in [0.29, 0.717) is 6.54 Å². The monoisotopic (exact) mass is 469 g/mol. The number of aromatic hydroxyl groups is 1. The molecule has 0 aliphatic heterocycles. The Labute approximate surface area is 206 Å². The van der Waals surface area contributed by atoms with Gasteiger partial charge in [-0.05, 0) is 53.8 Å². The second-order valence-electron chi connectivity index (χ2n) is 8.92. The molecule has 4 rings (SSSR count). The fourth-order valence-corrected chi connectivity index (χ4v) is 4.59. The normalized spacial score (nSPS) is 14.1. The van der Waals surface area contributed by atoms with E-state index in [4.69, 9.17) is 0 Å². The van der Waals surface area contributed by atoms with Crippen LogP contribution in [0.2, 0.25) is 0 Å². The number of anilines is 1. The Balaban J connectivity index is 1.61. The van der Waals surface area contributed by atoms with Crippen LogP contribution in [0.25, 0.3) is 17.2 Å². The lowest BCUT2D eigenvalue weighted by molar-refractivity contribution is -0.134. The Kier molecular flexibility index (Phi) is 7.99. The molecular weight excluding hydrogens is 438 g/mol. The number of ether oxygens (including phenoxy) is 1. The summed E-state index contributed by atoms with van der Waals surface area (Å²) in [5, 5.41) is 10.2. The van der Waals surface area contributed by atoms with E-state index in [1.807, 2.05) is 65.6 Å². The highest BCUT2D eigenvalue weighted by Gasteiger charge is 2.27. The standard InChI is InChI=1S/C30H31NO4/c1-35-29(33)19-16-22-8-7-11-26(20-22)31(30(34)25-9-3-2-4-10-25)21-23-14-17-24(18-15-23)27-12-5-6-13-28(27)32/h5-8,11-20,25,32H,2-4,9-10,21H2,1H3/b19-16+. The van der Waals surface area contributed by atoms with E-state index in [0.717, 1.165) is 53.6 Å². The summed E-state index contributed by atoms with van der Waals surface area (Å²) in [6.45, 7) is 0.445. The molecular formula is C30H31NO4. The number of carbonyl (C=O) groups excluding carboxylic acids is 2. The van der Waals surface area contributed by atoms with Gasteiger partial charge in [-0.15, -0.1) is 0 Å². The van der Waals surface area contributed by atoms with Gasteiger partial charge in [-0.1, -0.05) is 73.9 Å². The Bertz CT molecular complexity index is 1190. The zero-order valence-corrected chi connectivity index (χ0v) is 20.0. The molecule has 3 aromatic carbocycles. The quantitative estimate of drug-likeness (QED) is 0.323. The number of nitrogens with zero attached hydrogens (tertiary/aromatic N) is 1. The molecule has 1 N–H and O–H groups in total. The maximum atomic E-state index is 13.7. The van der Waals surface area contributed by atoms with Crippen LogP contribution in [0.15, 0.2) is 78.9 Å². The number of hydrogen-bond donors (Lipinski definition) is 1. The molecule has 5 nitrogen and oxygen atoms in total. The van der Waals surface area contributed by atoms with Crippen molar-refractivity contribution >= 4 is 23.6 Å². The lowest BCUT2D eigenvalue weighted by Crippen LogP contribution is -2.36. The lowest BCUT2D eigenvalue weighted by atomic mass is 9.88. The van der Waals surface area contributed by atoms with Crippen LogP contribution in [0, 0.1) is 5.92 Å². The van der Waals surface area contributed by atoms with Gasteiger partial charge in [0, 0.05) is 23.2 Å². The van der Waals surface area contributed by atoms with Crippen molar-refractivity contribution in [3.05, 3.63) is 90.0 Å². The van der Waals surface area contributed by atoms with Gasteiger partial charge in [0.15, 0.2) is 0 Å². The van der Waals surface area contributed by atoms with Crippen molar-refractivity contribution in [3.8, 4) is 16.9 Å². The zero-order valence-electron chi connectivity index (χ0n) is 20.0. The summed E-state index contributed by atoms with van der Waals surface area (Å²) in [6.07, 6.45) is 8.27. The van der Waals surface area contributed by atoms with Gasteiger partial charge in [-0.25, -0.2) is 4.79 Å². The Morgan fingerprint density at radius 1 is 0.971 bits per heavy atom. The van der Waals surface area contributed by atoms with Gasteiger partial charge in [0.05, 0.1) is 13.7 Å². The van der Waals surface area contributed by atoms with Crippen molar-refractivity contribution < 1.29 is 19.4 Å². The van der Waals surface area contributed by atoms with Gasteiger partial charge in [-0.2, -0.15) is 0 Å². The summed E-state index contributed by atoms with van der Waals surface area (Å²) < 4.78 is 4.69. The third kappa shape index (κ3) is 6.18. The predicted octanol–water partition coefficient (Wildman–Crippen LogP) is 6.36. The molecule has 35 heavy (non-hydrogen) atoms. The summed E-state index contributed by atoms with van der Waals surface area (Å²) in [5.41, 5.74) is 4.33. The second-order valence-corrected chi connectivity index (χ2v) is 8.92. The smallest absolute Gasteiger partial charge is 0.330 e. The van der Waals surface area contributed by atoms with Crippen LogP contribution in [0.5, 0.6) is 5.75 Å². The van der Waals surface area contributed by atoms with Crippen molar-refractivity contribution in [2.75, 3.05) is 12.0 Å². The fraction of sp³-hybridized carbons (Fsp3) is 0.267. The SMILES string of the molecule is COC(=O)/C=C/c1cccc(N(Cc2ccc(-c3ccccc3O)cc2)C(=O)C2CCCCC2)c1. The van der Waals surface area contributed by atoms with E-state index < -0.39 is 5.97 Å². The minimum absolute atomic E-state index is 0.0264. The van der Waals surface area contributed by atoms with Crippen molar-refractivity contribution in [2.45, 2.75) is 38.6 Å². The van der Waals surface area contributed by atoms with Gasteiger partial charge in [0.25, 0.3) is 0 Å². The molecule has 0 aromatic heterocycles. The maximum Gasteiger partial charge on any atom is 0.330 e. The molecule has 3 aromatic rings. The number of amides is 1. The topological polar surface area (TPSA) is 66.8 Å². The summed E-state index contributed by atoms with van der Waals surface area (Å²) in [7, 11) is 1.35. The van der Waals surface area contributed by atoms with E-state index in [9.17, 15) is 14.7 Å². The molecule has 1 amide bonds. The Morgan fingerprint density at radius 2 is 1.71 bits per heavy atom. The van der Waals surface area contributed by atoms with Crippen molar-refractivity contribution in [3.63, 3.8) is 0 Å². The van der Waals surface area contributed by atoms with Crippen LogP contribution in [-0.2, 0) is 20.9 Å². The van der Waals surface area contributed by atoms with E-state index >= 15 is 0 Å². The molecule has 0 radical (unpaired) electrons. The van der Waals surface area contributed by atoms with Crippen molar-refractivity contribution in [1.82, 2.24) is 0 Å². The molecule has 1 saturated carbocycles. The second kappa shape index (κ2) is 11.5. The third-order valence-electron chi connectivity index (χ3n) is 6.53. The molecule has 0 saturated heterocycles. The first-order chi connectivity index (χ1) is 17.0. The van der Waals surface area contributed by atoms with Crippen LogP contribution < -0.4 is 4.90 Å². The van der Waals surface area contributed by atoms with Crippen LogP contribution >= 0.6 is 0 Å². The van der Waals surface area contributed by atoms with Crippen LogP contribution in [0.1, 0.15) is 43.2 Å². The Hall–Kier alpha value is -3.86. The van der Waals surface area contributed by atoms with Crippen LogP contribution in [0.3, 0.4) is 0 Å². The highest BCUT2D eigenvalue weighted by molar-refractivity contribution is 5.95. The van der Waals surface area contributed by atoms with E-state index in [-0.39, 0.29) is 17.6 Å². The minimum atomic E-state index is -0.421. The molecule has 5 heteroatoms. The molecule has 0 unspecified atom stereocenters. The number of methoxy groups -OCH3 is 1. The van der Waals surface area contributed by atoms with Gasteiger partial charge in [0.1, 0.15) is 5.75 Å². The fourth-order valence-electron chi connectivity index (χ4n) is 4.59. The first-order valence-electron chi connectivity index (χ1n) is 12.1. The molecule has 1 fully saturated rings. The Morgan fingerprint density at radius 3 is 2.43 bits per heavy atom. The third-order valence-corrected chi connectivity index (χ3v) is 6.53.